The predicted octanol–water partition coefficient (Wildman–Crippen LogP) is 1.98. The third kappa shape index (κ3) is 3.50. The molecule has 3 heterocycles. The topological polar surface area (TPSA) is 82.9 Å². The van der Waals surface area contributed by atoms with Crippen molar-refractivity contribution in [2.24, 2.45) is 7.05 Å². The number of nitriles is 1. The van der Waals surface area contributed by atoms with Crippen LogP contribution in [0.5, 0.6) is 0 Å². The van der Waals surface area contributed by atoms with E-state index in [1.807, 2.05) is 42.1 Å². The van der Waals surface area contributed by atoms with Crippen LogP contribution in [0.4, 0.5) is 0 Å². The lowest BCUT2D eigenvalue weighted by molar-refractivity contribution is 0.203. The van der Waals surface area contributed by atoms with Gasteiger partial charge in [0.25, 0.3) is 0 Å². The van der Waals surface area contributed by atoms with E-state index in [-0.39, 0.29) is 0 Å². The van der Waals surface area contributed by atoms with Crippen LogP contribution in [-0.2, 0) is 26.7 Å². The molecule has 0 saturated heterocycles. The summed E-state index contributed by atoms with van der Waals surface area (Å²) in [6.07, 6.45) is 1.86. The highest BCUT2D eigenvalue weighted by atomic mass is 16.3. The highest BCUT2D eigenvalue weighted by molar-refractivity contribution is 5.37. The van der Waals surface area contributed by atoms with Gasteiger partial charge in [-0.25, -0.2) is 0 Å². The predicted molar refractivity (Wildman–Crippen MR) is 99.4 cm³/mol. The number of nitrogens with zero attached hydrogens (tertiary/aromatic N) is 6. The molecular weight excluding hydrogens is 340 g/mol. The van der Waals surface area contributed by atoms with Crippen LogP contribution < -0.4 is 0 Å². The third-order valence-corrected chi connectivity index (χ3v) is 5.06. The molecule has 1 aliphatic rings. The molecule has 0 radical (unpaired) electrons. The molecule has 2 aromatic heterocycles. The molecule has 27 heavy (non-hydrogen) atoms. The fraction of sp³-hybridized carbons (Fsp3) is 0.350. The van der Waals surface area contributed by atoms with Crippen molar-refractivity contribution >= 4 is 0 Å². The van der Waals surface area contributed by atoms with Crippen molar-refractivity contribution in [3.8, 4) is 6.07 Å². The van der Waals surface area contributed by atoms with E-state index in [1.165, 1.54) is 0 Å². The number of aromatic nitrogens is 4. The van der Waals surface area contributed by atoms with Crippen LogP contribution in [0, 0.1) is 11.3 Å². The Morgan fingerprint density at radius 3 is 2.89 bits per heavy atom. The smallest absolute Gasteiger partial charge is 0.139 e. The number of rotatable bonds is 4. The first kappa shape index (κ1) is 17.5. The molecule has 0 bridgehead atoms. The van der Waals surface area contributed by atoms with E-state index < -0.39 is 6.10 Å². The highest BCUT2D eigenvalue weighted by Gasteiger charge is 2.22. The molecule has 1 aromatic carbocycles. The van der Waals surface area contributed by atoms with E-state index >= 15 is 0 Å². The summed E-state index contributed by atoms with van der Waals surface area (Å²) >= 11 is 0. The number of aliphatic hydroxyl groups is 1. The molecule has 0 aliphatic carbocycles. The molecule has 1 aliphatic heterocycles. The number of aryl methyl sites for hydroxylation is 2. The van der Waals surface area contributed by atoms with Crippen LogP contribution in [0.3, 0.4) is 0 Å². The summed E-state index contributed by atoms with van der Waals surface area (Å²) in [4.78, 5) is 2.33. The lowest BCUT2D eigenvalue weighted by atomic mass is 10.1. The van der Waals surface area contributed by atoms with Crippen molar-refractivity contribution in [3.05, 3.63) is 70.8 Å². The Kier molecular flexibility index (Phi) is 4.75. The number of benzene rings is 1. The lowest BCUT2D eigenvalue weighted by Crippen LogP contribution is -2.23. The molecule has 3 aromatic rings. The quantitative estimate of drug-likeness (QED) is 0.767. The average molecular weight is 362 g/mol. The molecule has 138 valence electrons. The molecule has 0 spiro atoms. The number of aliphatic hydroxyl groups excluding tert-OH is 1. The van der Waals surface area contributed by atoms with Gasteiger partial charge >= 0.3 is 0 Å². The van der Waals surface area contributed by atoms with Gasteiger partial charge < -0.3 is 5.11 Å². The van der Waals surface area contributed by atoms with E-state index in [9.17, 15) is 10.4 Å². The second-order valence-corrected chi connectivity index (χ2v) is 6.90. The Morgan fingerprint density at radius 1 is 1.26 bits per heavy atom. The van der Waals surface area contributed by atoms with Crippen molar-refractivity contribution in [3.63, 3.8) is 0 Å². The summed E-state index contributed by atoms with van der Waals surface area (Å²) in [5.74, 6) is 0. The van der Waals surface area contributed by atoms with E-state index in [1.54, 1.807) is 16.9 Å². The Morgan fingerprint density at radius 2 is 2.11 bits per heavy atom. The Labute approximate surface area is 158 Å². The van der Waals surface area contributed by atoms with Gasteiger partial charge in [0.15, 0.2) is 0 Å². The minimum atomic E-state index is -0.787. The van der Waals surface area contributed by atoms with Gasteiger partial charge in [-0.15, -0.1) is 0 Å². The van der Waals surface area contributed by atoms with Gasteiger partial charge in [0.05, 0.1) is 28.7 Å². The molecule has 1 atom stereocenters. The van der Waals surface area contributed by atoms with Crippen LogP contribution in [0.1, 0.15) is 40.7 Å². The van der Waals surface area contributed by atoms with E-state index in [0.29, 0.717) is 5.69 Å². The van der Waals surface area contributed by atoms with E-state index in [2.05, 4.69) is 21.2 Å². The zero-order chi connectivity index (χ0) is 18.8. The summed E-state index contributed by atoms with van der Waals surface area (Å²) in [5.41, 5.74) is 4.22. The first-order chi connectivity index (χ1) is 13.2. The lowest BCUT2D eigenvalue weighted by Gasteiger charge is -2.20. The minimum absolute atomic E-state index is 0.646. The van der Waals surface area contributed by atoms with Crippen LogP contribution >= 0.6 is 0 Å². The molecule has 7 nitrogen and oxygen atoms in total. The summed E-state index contributed by atoms with van der Waals surface area (Å²) in [6.45, 7) is 3.24. The van der Waals surface area contributed by atoms with Crippen molar-refractivity contribution in [2.75, 3.05) is 6.54 Å². The van der Waals surface area contributed by atoms with Crippen molar-refractivity contribution in [2.45, 2.75) is 32.2 Å². The van der Waals surface area contributed by atoms with Gasteiger partial charge in [0, 0.05) is 39.4 Å². The van der Waals surface area contributed by atoms with Gasteiger partial charge in [0.2, 0.25) is 0 Å². The third-order valence-electron chi connectivity index (χ3n) is 5.06. The van der Waals surface area contributed by atoms with Crippen molar-refractivity contribution in [1.82, 2.24) is 24.5 Å². The molecule has 0 amide bonds. The van der Waals surface area contributed by atoms with Gasteiger partial charge in [0.1, 0.15) is 6.10 Å². The number of hydrogen-bond donors (Lipinski definition) is 1. The van der Waals surface area contributed by atoms with E-state index in [4.69, 9.17) is 0 Å². The maximum Gasteiger partial charge on any atom is 0.139 e. The molecule has 7 heteroatoms. The SMILES string of the molecule is Cn1nccc1[C@H](O)c1cc2n(n1)CCCN(Cc1ccccc1C#N)C2. The van der Waals surface area contributed by atoms with Crippen LogP contribution in [0.25, 0.3) is 0 Å². The summed E-state index contributed by atoms with van der Waals surface area (Å²) in [7, 11) is 1.81. The van der Waals surface area contributed by atoms with Gasteiger partial charge in [-0.1, -0.05) is 18.2 Å². The highest BCUT2D eigenvalue weighted by Crippen LogP contribution is 2.24. The first-order valence-electron chi connectivity index (χ1n) is 9.08. The van der Waals surface area contributed by atoms with Gasteiger partial charge in [-0.05, 0) is 30.2 Å². The van der Waals surface area contributed by atoms with Crippen LogP contribution in [0.15, 0.2) is 42.6 Å². The fourth-order valence-corrected chi connectivity index (χ4v) is 3.63. The van der Waals surface area contributed by atoms with Gasteiger partial charge in [-0.2, -0.15) is 15.5 Å². The summed E-state index contributed by atoms with van der Waals surface area (Å²) in [6, 6.07) is 13.8. The van der Waals surface area contributed by atoms with Crippen LogP contribution in [0.2, 0.25) is 0 Å². The number of hydrogen-bond acceptors (Lipinski definition) is 5. The number of fused-ring (bicyclic) bond motifs is 1. The molecule has 0 unspecified atom stereocenters. The monoisotopic (exact) mass is 362 g/mol. The molecule has 0 saturated carbocycles. The standard InChI is InChI=1S/C20H22N6O/c1-24-19(7-8-22-24)20(27)18-11-17-14-25(9-4-10-26(17)23-18)13-16-6-3-2-5-15(16)12-21/h2-3,5-8,11,20,27H,4,9-10,13-14H2,1H3/t20-/m1/s1. The van der Waals surface area contributed by atoms with E-state index in [0.717, 1.165) is 55.1 Å². The second kappa shape index (κ2) is 7.35. The largest absolute Gasteiger partial charge is 0.380 e. The first-order valence-corrected chi connectivity index (χ1v) is 9.08. The Balaban J connectivity index is 1.55. The average Bonchev–Trinajstić information content (AvgIpc) is 3.23. The van der Waals surface area contributed by atoms with Gasteiger partial charge in [-0.3, -0.25) is 14.3 Å². The summed E-state index contributed by atoms with van der Waals surface area (Å²) in [5, 5.41) is 28.7. The molecule has 4 rings (SSSR count). The Hall–Kier alpha value is -2.95. The summed E-state index contributed by atoms with van der Waals surface area (Å²) < 4.78 is 3.66. The maximum absolute atomic E-state index is 10.7. The minimum Gasteiger partial charge on any atom is -0.380 e. The normalized spacial score (nSPS) is 15.7. The zero-order valence-electron chi connectivity index (χ0n) is 15.3. The second-order valence-electron chi connectivity index (χ2n) is 6.90. The Bertz CT molecular complexity index is 983. The fourth-order valence-electron chi connectivity index (χ4n) is 3.63. The molecule has 1 N–H and O–H groups in total. The molecular formula is C20H22N6O. The molecule has 0 fully saturated rings. The zero-order valence-corrected chi connectivity index (χ0v) is 15.3. The van der Waals surface area contributed by atoms with Crippen molar-refractivity contribution < 1.29 is 5.11 Å². The maximum atomic E-state index is 10.7. The van der Waals surface area contributed by atoms with Crippen molar-refractivity contribution in [1.29, 1.82) is 5.26 Å². The van der Waals surface area contributed by atoms with Crippen LogP contribution in [-0.4, -0.2) is 36.1 Å².